The molecule has 0 aromatic heterocycles. The molecule has 2 atom stereocenters. The van der Waals surface area contributed by atoms with E-state index in [-0.39, 0.29) is 12.1 Å². The molecule has 2 unspecified atom stereocenters. The van der Waals surface area contributed by atoms with E-state index < -0.39 is 0 Å². The SMILES string of the molecule is CC1=CC(N)C(N)C(C)=C1. The van der Waals surface area contributed by atoms with Gasteiger partial charge in [-0.05, 0) is 13.8 Å². The summed E-state index contributed by atoms with van der Waals surface area (Å²) < 4.78 is 0. The highest BCUT2D eigenvalue weighted by molar-refractivity contribution is 5.32. The lowest BCUT2D eigenvalue weighted by atomic mass is 9.93. The van der Waals surface area contributed by atoms with E-state index in [1.807, 2.05) is 19.9 Å². The van der Waals surface area contributed by atoms with Crippen LogP contribution in [-0.2, 0) is 0 Å². The van der Waals surface area contributed by atoms with Gasteiger partial charge in [0.05, 0.1) is 0 Å². The maximum absolute atomic E-state index is 5.75. The Morgan fingerprint density at radius 1 is 1.30 bits per heavy atom. The van der Waals surface area contributed by atoms with Crippen LogP contribution in [0.25, 0.3) is 0 Å². The van der Waals surface area contributed by atoms with Gasteiger partial charge in [-0.15, -0.1) is 0 Å². The van der Waals surface area contributed by atoms with Gasteiger partial charge in [0, 0.05) is 12.1 Å². The maximum Gasteiger partial charge on any atom is 0.0445 e. The molecule has 56 valence electrons. The summed E-state index contributed by atoms with van der Waals surface area (Å²) in [6.07, 6.45) is 4.08. The van der Waals surface area contributed by atoms with Gasteiger partial charge in [-0.25, -0.2) is 0 Å². The molecule has 1 aliphatic carbocycles. The minimum absolute atomic E-state index is 0.00463. The van der Waals surface area contributed by atoms with Gasteiger partial charge in [0.1, 0.15) is 0 Å². The van der Waals surface area contributed by atoms with Crippen molar-refractivity contribution in [1.29, 1.82) is 0 Å². The van der Waals surface area contributed by atoms with Gasteiger partial charge in [-0.3, -0.25) is 0 Å². The largest absolute Gasteiger partial charge is 0.323 e. The minimum Gasteiger partial charge on any atom is -0.323 e. The van der Waals surface area contributed by atoms with Crippen LogP contribution in [0.4, 0.5) is 0 Å². The van der Waals surface area contributed by atoms with Crippen molar-refractivity contribution >= 4 is 0 Å². The third-order valence-corrected chi connectivity index (χ3v) is 1.85. The zero-order chi connectivity index (χ0) is 7.72. The van der Waals surface area contributed by atoms with Crippen LogP contribution in [0.2, 0.25) is 0 Å². The van der Waals surface area contributed by atoms with Crippen LogP contribution in [0.3, 0.4) is 0 Å². The van der Waals surface area contributed by atoms with Crippen LogP contribution in [-0.4, -0.2) is 12.1 Å². The third kappa shape index (κ3) is 1.28. The van der Waals surface area contributed by atoms with Crippen molar-refractivity contribution in [2.24, 2.45) is 11.5 Å². The summed E-state index contributed by atoms with van der Waals surface area (Å²) in [6.45, 7) is 4.05. The van der Waals surface area contributed by atoms with Gasteiger partial charge in [0.25, 0.3) is 0 Å². The fraction of sp³-hybridized carbons (Fsp3) is 0.500. The predicted octanol–water partition coefficient (Wildman–Crippen LogP) is 0.547. The first-order valence-electron chi connectivity index (χ1n) is 3.49. The van der Waals surface area contributed by atoms with E-state index in [2.05, 4.69) is 6.08 Å². The molecular formula is C8H14N2. The van der Waals surface area contributed by atoms with Crippen LogP contribution in [0.1, 0.15) is 13.8 Å². The first-order chi connectivity index (χ1) is 4.61. The number of rotatable bonds is 0. The third-order valence-electron chi connectivity index (χ3n) is 1.85. The Hall–Kier alpha value is -0.600. The zero-order valence-corrected chi connectivity index (χ0v) is 6.46. The van der Waals surface area contributed by atoms with Crippen molar-refractivity contribution in [2.75, 3.05) is 0 Å². The average molecular weight is 138 g/mol. The van der Waals surface area contributed by atoms with E-state index in [4.69, 9.17) is 11.5 Å². The molecule has 2 nitrogen and oxygen atoms in total. The number of hydrogen-bond donors (Lipinski definition) is 2. The van der Waals surface area contributed by atoms with Crippen molar-refractivity contribution in [2.45, 2.75) is 25.9 Å². The van der Waals surface area contributed by atoms with E-state index in [0.717, 1.165) is 0 Å². The average Bonchev–Trinajstić information content (AvgIpc) is 1.82. The van der Waals surface area contributed by atoms with E-state index >= 15 is 0 Å². The summed E-state index contributed by atoms with van der Waals surface area (Å²) in [6, 6.07) is 0.0219. The summed E-state index contributed by atoms with van der Waals surface area (Å²) >= 11 is 0. The molecule has 10 heavy (non-hydrogen) atoms. The van der Waals surface area contributed by atoms with Crippen molar-refractivity contribution < 1.29 is 0 Å². The van der Waals surface area contributed by atoms with Crippen LogP contribution >= 0.6 is 0 Å². The van der Waals surface area contributed by atoms with Gasteiger partial charge in [0.15, 0.2) is 0 Å². The molecule has 0 radical (unpaired) electrons. The molecule has 2 heteroatoms. The summed E-state index contributed by atoms with van der Waals surface area (Å²) in [5, 5.41) is 0. The quantitative estimate of drug-likeness (QED) is 0.513. The second kappa shape index (κ2) is 2.56. The van der Waals surface area contributed by atoms with Gasteiger partial charge in [-0.1, -0.05) is 23.3 Å². The molecule has 0 fully saturated rings. The van der Waals surface area contributed by atoms with Crippen molar-refractivity contribution in [1.82, 2.24) is 0 Å². The Morgan fingerprint density at radius 3 is 2.40 bits per heavy atom. The molecule has 0 saturated carbocycles. The Labute approximate surface area is 61.6 Å². The van der Waals surface area contributed by atoms with E-state index in [9.17, 15) is 0 Å². The minimum atomic E-state index is 0.00463. The molecule has 1 rings (SSSR count). The lowest BCUT2D eigenvalue weighted by Gasteiger charge is -2.22. The Bertz CT molecular complexity index is 191. The molecule has 0 bridgehead atoms. The zero-order valence-electron chi connectivity index (χ0n) is 6.46. The highest BCUT2D eigenvalue weighted by atomic mass is 14.8. The summed E-state index contributed by atoms with van der Waals surface area (Å²) in [5.74, 6) is 0. The van der Waals surface area contributed by atoms with Gasteiger partial charge >= 0.3 is 0 Å². The molecule has 0 amide bonds. The highest BCUT2D eigenvalue weighted by Gasteiger charge is 2.15. The van der Waals surface area contributed by atoms with E-state index in [0.29, 0.717) is 0 Å². The fourth-order valence-electron chi connectivity index (χ4n) is 1.21. The molecule has 0 aliphatic heterocycles. The smallest absolute Gasteiger partial charge is 0.0445 e. The summed E-state index contributed by atoms with van der Waals surface area (Å²) in [4.78, 5) is 0. The molecule has 0 spiro atoms. The standard InChI is InChI=1S/C8H14N2/c1-5-3-6(2)8(10)7(9)4-5/h3-4,7-8H,9-10H2,1-2H3. The summed E-state index contributed by atoms with van der Waals surface area (Å²) in [7, 11) is 0. The van der Waals surface area contributed by atoms with Gasteiger partial charge in [-0.2, -0.15) is 0 Å². The predicted molar refractivity (Wildman–Crippen MR) is 43.5 cm³/mol. The van der Waals surface area contributed by atoms with E-state index in [1.54, 1.807) is 0 Å². The Morgan fingerprint density at radius 2 is 1.90 bits per heavy atom. The Kier molecular flexibility index (Phi) is 1.92. The topological polar surface area (TPSA) is 52.0 Å². The summed E-state index contributed by atoms with van der Waals surface area (Å²) in [5.41, 5.74) is 13.9. The Balaban J connectivity index is 2.85. The second-order valence-corrected chi connectivity index (χ2v) is 2.90. The lowest BCUT2D eigenvalue weighted by Crippen LogP contribution is -2.42. The van der Waals surface area contributed by atoms with Crippen LogP contribution in [0.15, 0.2) is 23.3 Å². The van der Waals surface area contributed by atoms with Crippen molar-refractivity contribution in [3.63, 3.8) is 0 Å². The van der Waals surface area contributed by atoms with Gasteiger partial charge in [0.2, 0.25) is 0 Å². The van der Waals surface area contributed by atoms with Crippen molar-refractivity contribution in [3.05, 3.63) is 23.3 Å². The second-order valence-electron chi connectivity index (χ2n) is 2.90. The first kappa shape index (κ1) is 7.51. The highest BCUT2D eigenvalue weighted by Crippen LogP contribution is 2.14. The van der Waals surface area contributed by atoms with Crippen LogP contribution in [0, 0.1) is 0 Å². The molecule has 0 heterocycles. The lowest BCUT2D eigenvalue weighted by molar-refractivity contribution is 0.660. The van der Waals surface area contributed by atoms with E-state index in [1.165, 1.54) is 11.1 Å². The first-order valence-corrected chi connectivity index (χ1v) is 3.49. The van der Waals surface area contributed by atoms with Crippen LogP contribution < -0.4 is 11.5 Å². The molecular weight excluding hydrogens is 124 g/mol. The molecule has 1 aliphatic rings. The molecule has 0 aromatic carbocycles. The normalized spacial score (nSPS) is 33.2. The number of allylic oxidation sites excluding steroid dienone is 2. The maximum atomic E-state index is 5.75. The molecule has 4 N–H and O–H groups in total. The van der Waals surface area contributed by atoms with Gasteiger partial charge < -0.3 is 11.5 Å². The van der Waals surface area contributed by atoms with Crippen molar-refractivity contribution in [3.8, 4) is 0 Å². The number of hydrogen-bond acceptors (Lipinski definition) is 2. The molecule has 0 saturated heterocycles. The fourth-order valence-corrected chi connectivity index (χ4v) is 1.21. The number of nitrogens with two attached hydrogens (primary N) is 2. The van der Waals surface area contributed by atoms with Crippen LogP contribution in [0.5, 0.6) is 0 Å². The molecule has 0 aromatic rings. The monoisotopic (exact) mass is 138 g/mol.